The summed E-state index contributed by atoms with van der Waals surface area (Å²) in [5, 5.41) is 3.11. The van der Waals surface area contributed by atoms with Crippen molar-refractivity contribution in [3.05, 3.63) is 53.0 Å². The summed E-state index contributed by atoms with van der Waals surface area (Å²) in [7, 11) is 4.03. The second-order valence-corrected chi connectivity index (χ2v) is 5.02. The lowest BCUT2D eigenvalue weighted by molar-refractivity contribution is 0.469. The molecule has 0 spiro atoms. The number of hydrogen-bond donors (Lipinski definition) is 1. The highest BCUT2D eigenvalue weighted by molar-refractivity contribution is 5.47. The summed E-state index contributed by atoms with van der Waals surface area (Å²) >= 11 is 0. The van der Waals surface area contributed by atoms with E-state index in [9.17, 15) is 0 Å². The van der Waals surface area contributed by atoms with Gasteiger partial charge in [0.05, 0.1) is 6.54 Å². The Kier molecular flexibility index (Phi) is 4.27. The molecule has 1 N–H and O–H groups in total. The molecule has 0 fully saturated rings. The van der Waals surface area contributed by atoms with E-state index in [1.807, 2.05) is 14.0 Å². The zero-order chi connectivity index (χ0) is 13.8. The third kappa shape index (κ3) is 3.38. The van der Waals surface area contributed by atoms with E-state index in [2.05, 4.69) is 54.5 Å². The first-order chi connectivity index (χ1) is 9.10. The van der Waals surface area contributed by atoms with Gasteiger partial charge >= 0.3 is 0 Å². The van der Waals surface area contributed by atoms with Gasteiger partial charge in [0.15, 0.2) is 0 Å². The van der Waals surface area contributed by atoms with Gasteiger partial charge < -0.3 is 14.6 Å². The van der Waals surface area contributed by atoms with E-state index in [4.69, 9.17) is 4.42 Å². The molecule has 1 aromatic carbocycles. The minimum absolute atomic E-state index is 0.773. The van der Waals surface area contributed by atoms with Crippen molar-refractivity contribution >= 4 is 5.69 Å². The van der Waals surface area contributed by atoms with Gasteiger partial charge in [-0.3, -0.25) is 0 Å². The Morgan fingerprint density at radius 3 is 2.47 bits per heavy atom. The Bertz CT molecular complexity index is 528. The number of hydrogen-bond acceptors (Lipinski definition) is 3. The van der Waals surface area contributed by atoms with E-state index < -0.39 is 0 Å². The molecule has 0 unspecified atom stereocenters. The number of aryl methyl sites for hydroxylation is 2. The molecule has 0 radical (unpaired) electrons. The van der Waals surface area contributed by atoms with Crippen LogP contribution in [-0.2, 0) is 13.1 Å². The molecular formula is C16H22N2O. The van der Waals surface area contributed by atoms with Gasteiger partial charge in [0, 0.05) is 24.8 Å². The van der Waals surface area contributed by atoms with E-state index in [1.165, 1.54) is 16.8 Å². The SMILES string of the molecule is CNCc1cc(CN(C)c2ccc(C)cc2)c(C)o1. The standard InChI is InChI=1S/C16H22N2O/c1-12-5-7-15(8-6-12)18(4)11-14-9-16(10-17-3)19-13(14)2/h5-9,17H,10-11H2,1-4H3. The number of nitrogens with one attached hydrogen (secondary N) is 1. The topological polar surface area (TPSA) is 28.4 Å². The van der Waals surface area contributed by atoms with Crippen molar-refractivity contribution in [1.29, 1.82) is 0 Å². The molecule has 0 aliphatic rings. The lowest BCUT2D eigenvalue weighted by atomic mass is 10.2. The Morgan fingerprint density at radius 1 is 1.16 bits per heavy atom. The van der Waals surface area contributed by atoms with E-state index in [1.54, 1.807) is 0 Å². The summed E-state index contributed by atoms with van der Waals surface area (Å²) in [6.45, 7) is 5.77. The number of nitrogens with zero attached hydrogens (tertiary/aromatic N) is 1. The summed E-state index contributed by atoms with van der Waals surface area (Å²) in [6, 6.07) is 10.7. The molecule has 0 aliphatic carbocycles. The molecule has 3 nitrogen and oxygen atoms in total. The Balaban J connectivity index is 2.09. The lowest BCUT2D eigenvalue weighted by Crippen LogP contribution is -2.16. The first-order valence-electron chi connectivity index (χ1n) is 6.60. The van der Waals surface area contributed by atoms with E-state index in [0.29, 0.717) is 0 Å². The van der Waals surface area contributed by atoms with Gasteiger partial charge in [0.1, 0.15) is 11.5 Å². The van der Waals surface area contributed by atoms with Crippen LogP contribution in [0, 0.1) is 13.8 Å². The van der Waals surface area contributed by atoms with Crippen LogP contribution in [0.25, 0.3) is 0 Å². The molecule has 0 saturated heterocycles. The fraction of sp³-hybridized carbons (Fsp3) is 0.375. The summed E-state index contributed by atoms with van der Waals surface area (Å²) in [4.78, 5) is 2.24. The smallest absolute Gasteiger partial charge is 0.118 e. The number of furan rings is 1. The minimum Gasteiger partial charge on any atom is -0.465 e. The Labute approximate surface area is 115 Å². The maximum absolute atomic E-state index is 5.72. The summed E-state index contributed by atoms with van der Waals surface area (Å²) in [5.74, 6) is 2.00. The van der Waals surface area contributed by atoms with Crippen molar-refractivity contribution in [1.82, 2.24) is 5.32 Å². The van der Waals surface area contributed by atoms with E-state index in [-0.39, 0.29) is 0 Å². The molecule has 0 amide bonds. The molecule has 3 heteroatoms. The fourth-order valence-corrected chi connectivity index (χ4v) is 2.15. The summed E-state index contributed by atoms with van der Waals surface area (Å²) in [6.07, 6.45) is 0. The monoisotopic (exact) mass is 258 g/mol. The van der Waals surface area contributed by atoms with Crippen LogP contribution in [0.4, 0.5) is 5.69 Å². The third-order valence-electron chi connectivity index (χ3n) is 3.30. The highest BCUT2D eigenvalue weighted by Crippen LogP contribution is 2.20. The average Bonchev–Trinajstić information content (AvgIpc) is 2.71. The maximum Gasteiger partial charge on any atom is 0.118 e. The molecule has 0 atom stereocenters. The first-order valence-corrected chi connectivity index (χ1v) is 6.60. The van der Waals surface area contributed by atoms with E-state index in [0.717, 1.165) is 24.6 Å². The Morgan fingerprint density at radius 2 is 1.84 bits per heavy atom. The molecule has 0 saturated carbocycles. The summed E-state index contributed by atoms with van der Waals surface area (Å²) in [5.41, 5.74) is 3.75. The third-order valence-corrected chi connectivity index (χ3v) is 3.30. The van der Waals surface area contributed by atoms with Gasteiger partial charge in [-0.2, -0.15) is 0 Å². The minimum atomic E-state index is 0.773. The van der Waals surface area contributed by atoms with Crippen molar-refractivity contribution in [2.45, 2.75) is 26.9 Å². The van der Waals surface area contributed by atoms with Gasteiger partial charge in [0.25, 0.3) is 0 Å². The number of benzene rings is 1. The van der Waals surface area contributed by atoms with Crippen LogP contribution in [-0.4, -0.2) is 14.1 Å². The normalized spacial score (nSPS) is 10.7. The number of anilines is 1. The molecule has 0 bridgehead atoms. The molecule has 2 aromatic rings. The van der Waals surface area contributed by atoms with Crippen LogP contribution >= 0.6 is 0 Å². The van der Waals surface area contributed by atoms with Crippen molar-refractivity contribution < 1.29 is 4.42 Å². The van der Waals surface area contributed by atoms with Gasteiger partial charge in [-0.1, -0.05) is 17.7 Å². The molecule has 102 valence electrons. The van der Waals surface area contributed by atoms with Gasteiger partial charge in [-0.15, -0.1) is 0 Å². The molecular weight excluding hydrogens is 236 g/mol. The van der Waals surface area contributed by atoms with Crippen LogP contribution in [0.1, 0.15) is 22.6 Å². The lowest BCUT2D eigenvalue weighted by Gasteiger charge is -2.19. The second-order valence-electron chi connectivity index (χ2n) is 5.02. The van der Waals surface area contributed by atoms with Gasteiger partial charge in [-0.05, 0) is 39.1 Å². The predicted octanol–water partition coefficient (Wildman–Crippen LogP) is 3.25. The molecule has 2 rings (SSSR count). The predicted molar refractivity (Wildman–Crippen MR) is 79.5 cm³/mol. The first kappa shape index (κ1) is 13.7. The summed E-state index contributed by atoms with van der Waals surface area (Å²) < 4.78 is 5.72. The average molecular weight is 258 g/mol. The van der Waals surface area contributed by atoms with Crippen LogP contribution in [0.5, 0.6) is 0 Å². The zero-order valence-electron chi connectivity index (χ0n) is 12.2. The number of rotatable bonds is 5. The largest absolute Gasteiger partial charge is 0.465 e. The maximum atomic E-state index is 5.72. The van der Waals surface area contributed by atoms with Crippen LogP contribution in [0.2, 0.25) is 0 Å². The van der Waals surface area contributed by atoms with Gasteiger partial charge in [-0.25, -0.2) is 0 Å². The van der Waals surface area contributed by atoms with Crippen LogP contribution in [0.3, 0.4) is 0 Å². The van der Waals surface area contributed by atoms with Crippen molar-refractivity contribution in [2.75, 3.05) is 19.0 Å². The zero-order valence-corrected chi connectivity index (χ0v) is 12.2. The van der Waals surface area contributed by atoms with Crippen molar-refractivity contribution in [3.63, 3.8) is 0 Å². The fourth-order valence-electron chi connectivity index (χ4n) is 2.15. The molecule has 1 aromatic heterocycles. The van der Waals surface area contributed by atoms with E-state index >= 15 is 0 Å². The van der Waals surface area contributed by atoms with Crippen molar-refractivity contribution in [3.8, 4) is 0 Å². The van der Waals surface area contributed by atoms with Crippen molar-refractivity contribution in [2.24, 2.45) is 0 Å². The molecule has 19 heavy (non-hydrogen) atoms. The second kappa shape index (κ2) is 5.93. The highest BCUT2D eigenvalue weighted by Gasteiger charge is 2.09. The molecule has 0 aliphatic heterocycles. The van der Waals surface area contributed by atoms with Crippen LogP contribution < -0.4 is 10.2 Å². The Hall–Kier alpha value is -1.74. The highest BCUT2D eigenvalue weighted by atomic mass is 16.3. The van der Waals surface area contributed by atoms with Crippen LogP contribution in [0.15, 0.2) is 34.7 Å². The molecule has 1 heterocycles. The quantitative estimate of drug-likeness (QED) is 0.892. The van der Waals surface area contributed by atoms with Gasteiger partial charge in [0.2, 0.25) is 0 Å².